The van der Waals surface area contributed by atoms with E-state index in [2.05, 4.69) is 20.3 Å². The number of aromatic nitrogens is 3. The summed E-state index contributed by atoms with van der Waals surface area (Å²) < 4.78 is 15.5. The van der Waals surface area contributed by atoms with E-state index in [9.17, 15) is 4.79 Å². The molecule has 1 aromatic heterocycles. The van der Waals surface area contributed by atoms with Crippen LogP contribution in [0.15, 0.2) is 18.2 Å². The summed E-state index contributed by atoms with van der Waals surface area (Å²) in [4.78, 5) is 26.5. The summed E-state index contributed by atoms with van der Waals surface area (Å²) in [7, 11) is 5.09. The van der Waals surface area contributed by atoms with Crippen molar-refractivity contribution in [3.63, 3.8) is 0 Å². The Balaban J connectivity index is 1.71. The molecule has 0 saturated carbocycles. The number of hydrogen-bond acceptors (Lipinski definition) is 8. The number of anilines is 1. The molecule has 9 nitrogen and oxygen atoms in total. The van der Waals surface area contributed by atoms with Crippen molar-refractivity contribution in [2.24, 2.45) is 0 Å². The minimum Gasteiger partial charge on any atom is -0.467 e. The molecule has 0 unspecified atom stereocenters. The fourth-order valence-corrected chi connectivity index (χ4v) is 2.06. The lowest BCUT2D eigenvalue weighted by atomic mass is 10.2. The van der Waals surface area contributed by atoms with E-state index < -0.39 is 0 Å². The Morgan fingerprint density at radius 3 is 2.79 bits per heavy atom. The first-order chi connectivity index (χ1) is 11.6. The minimum atomic E-state index is -0.265. The van der Waals surface area contributed by atoms with Crippen molar-refractivity contribution in [1.82, 2.24) is 20.3 Å². The smallest absolute Gasteiger partial charge is 0.321 e. The van der Waals surface area contributed by atoms with Crippen LogP contribution in [0.4, 0.5) is 5.95 Å². The van der Waals surface area contributed by atoms with Crippen molar-refractivity contribution in [2.45, 2.75) is 6.54 Å². The summed E-state index contributed by atoms with van der Waals surface area (Å²) in [5.74, 6) is 1.77. The second kappa shape index (κ2) is 6.57. The lowest BCUT2D eigenvalue weighted by molar-refractivity contribution is 0.0949. The van der Waals surface area contributed by atoms with Gasteiger partial charge in [-0.1, -0.05) is 0 Å². The number of methoxy groups -OCH3 is 1. The molecule has 1 aromatic carbocycles. The van der Waals surface area contributed by atoms with Crippen LogP contribution in [-0.4, -0.2) is 48.9 Å². The van der Waals surface area contributed by atoms with Gasteiger partial charge in [-0.3, -0.25) is 4.79 Å². The van der Waals surface area contributed by atoms with Crippen molar-refractivity contribution in [3.05, 3.63) is 29.6 Å². The lowest BCUT2D eigenvalue weighted by Gasteiger charge is -2.12. The van der Waals surface area contributed by atoms with Gasteiger partial charge in [0.25, 0.3) is 5.91 Å². The van der Waals surface area contributed by atoms with E-state index in [1.807, 2.05) is 14.1 Å². The Bertz CT molecular complexity index is 766. The highest BCUT2D eigenvalue weighted by Gasteiger charge is 2.16. The number of amides is 1. The van der Waals surface area contributed by atoms with Crippen molar-refractivity contribution in [2.75, 3.05) is 32.9 Å². The first-order valence-electron chi connectivity index (χ1n) is 7.21. The zero-order valence-corrected chi connectivity index (χ0v) is 13.6. The van der Waals surface area contributed by atoms with Crippen LogP contribution in [-0.2, 0) is 6.54 Å². The second-order valence-electron chi connectivity index (χ2n) is 5.18. The first kappa shape index (κ1) is 15.8. The Hall–Kier alpha value is -3.10. The largest absolute Gasteiger partial charge is 0.467 e. The van der Waals surface area contributed by atoms with E-state index in [1.165, 1.54) is 7.11 Å². The molecule has 0 fully saturated rings. The number of benzene rings is 1. The van der Waals surface area contributed by atoms with Gasteiger partial charge in [-0.15, -0.1) is 0 Å². The Kier molecular flexibility index (Phi) is 4.32. The average Bonchev–Trinajstić information content (AvgIpc) is 3.06. The van der Waals surface area contributed by atoms with Crippen molar-refractivity contribution >= 4 is 11.9 Å². The minimum absolute atomic E-state index is 0.146. The maximum Gasteiger partial charge on any atom is 0.321 e. The molecule has 0 radical (unpaired) electrons. The fourth-order valence-electron chi connectivity index (χ4n) is 2.06. The molecule has 0 aliphatic carbocycles. The molecule has 126 valence electrons. The Labute approximate surface area is 138 Å². The monoisotopic (exact) mass is 331 g/mol. The molecule has 9 heteroatoms. The lowest BCUT2D eigenvalue weighted by Crippen LogP contribution is -2.25. The number of nitrogens with one attached hydrogen (secondary N) is 1. The average molecular weight is 331 g/mol. The quantitative estimate of drug-likeness (QED) is 0.851. The van der Waals surface area contributed by atoms with Gasteiger partial charge in [0.2, 0.25) is 12.7 Å². The van der Waals surface area contributed by atoms with Gasteiger partial charge < -0.3 is 24.4 Å². The zero-order valence-electron chi connectivity index (χ0n) is 13.6. The van der Waals surface area contributed by atoms with E-state index in [1.54, 1.807) is 23.1 Å². The van der Waals surface area contributed by atoms with Gasteiger partial charge >= 0.3 is 6.01 Å². The molecule has 0 atom stereocenters. The third kappa shape index (κ3) is 3.29. The van der Waals surface area contributed by atoms with Crippen LogP contribution in [0.3, 0.4) is 0 Å². The van der Waals surface area contributed by atoms with Crippen LogP contribution >= 0.6 is 0 Å². The molecule has 2 heterocycles. The molecule has 2 aromatic rings. The van der Waals surface area contributed by atoms with E-state index in [-0.39, 0.29) is 25.3 Å². The molecule has 24 heavy (non-hydrogen) atoms. The van der Waals surface area contributed by atoms with Crippen molar-refractivity contribution in [1.29, 1.82) is 0 Å². The molecular weight excluding hydrogens is 314 g/mol. The van der Waals surface area contributed by atoms with Gasteiger partial charge in [0.15, 0.2) is 17.3 Å². The molecule has 3 rings (SSSR count). The van der Waals surface area contributed by atoms with Gasteiger partial charge in [-0.25, -0.2) is 0 Å². The number of nitrogens with zero attached hydrogens (tertiary/aromatic N) is 4. The van der Waals surface area contributed by atoms with E-state index in [0.717, 1.165) is 0 Å². The van der Waals surface area contributed by atoms with Gasteiger partial charge in [0.05, 0.1) is 13.7 Å². The predicted molar refractivity (Wildman–Crippen MR) is 84.4 cm³/mol. The van der Waals surface area contributed by atoms with Gasteiger partial charge in [0, 0.05) is 19.7 Å². The Morgan fingerprint density at radius 1 is 1.25 bits per heavy atom. The number of fused-ring (bicyclic) bond motifs is 1. The van der Waals surface area contributed by atoms with Crippen LogP contribution in [0.25, 0.3) is 0 Å². The molecule has 1 amide bonds. The highest BCUT2D eigenvalue weighted by Crippen LogP contribution is 2.32. The van der Waals surface area contributed by atoms with Crippen molar-refractivity contribution < 1.29 is 19.0 Å². The van der Waals surface area contributed by atoms with E-state index in [0.29, 0.717) is 28.8 Å². The van der Waals surface area contributed by atoms with Crippen LogP contribution in [0, 0.1) is 0 Å². The topological polar surface area (TPSA) is 98.7 Å². The number of hydrogen-bond donors (Lipinski definition) is 1. The van der Waals surface area contributed by atoms with Crippen LogP contribution in [0.5, 0.6) is 17.5 Å². The normalized spacial score (nSPS) is 12.0. The van der Waals surface area contributed by atoms with Crippen LogP contribution < -0.4 is 24.4 Å². The standard InChI is InChI=1S/C15H17N5O4/c1-20(2)14-17-12(18-15(19-14)22-3)7-16-13(21)9-4-5-10-11(6-9)24-8-23-10/h4-6H,7-8H2,1-3H3,(H,16,21). The number of carbonyl (C=O) groups is 1. The third-order valence-electron chi connectivity index (χ3n) is 3.27. The highest BCUT2D eigenvalue weighted by atomic mass is 16.7. The fraction of sp³-hybridized carbons (Fsp3) is 0.333. The van der Waals surface area contributed by atoms with E-state index in [4.69, 9.17) is 14.2 Å². The van der Waals surface area contributed by atoms with Crippen molar-refractivity contribution in [3.8, 4) is 17.5 Å². The molecule has 1 aliphatic heterocycles. The second-order valence-corrected chi connectivity index (χ2v) is 5.18. The zero-order chi connectivity index (χ0) is 17.1. The highest BCUT2D eigenvalue weighted by molar-refractivity contribution is 5.94. The van der Waals surface area contributed by atoms with Gasteiger partial charge in [0.1, 0.15) is 0 Å². The van der Waals surface area contributed by atoms with Gasteiger partial charge in [-0.05, 0) is 18.2 Å². The maximum atomic E-state index is 12.3. The summed E-state index contributed by atoms with van der Waals surface area (Å²) in [6.45, 7) is 0.311. The Morgan fingerprint density at radius 2 is 2.04 bits per heavy atom. The summed E-state index contributed by atoms with van der Waals surface area (Å²) in [5, 5.41) is 2.76. The first-order valence-corrected chi connectivity index (χ1v) is 7.21. The number of rotatable bonds is 5. The molecule has 0 bridgehead atoms. The maximum absolute atomic E-state index is 12.3. The third-order valence-corrected chi connectivity index (χ3v) is 3.27. The predicted octanol–water partition coefficient (Wildman–Crippen LogP) is 0.605. The molecular formula is C15H17N5O4. The summed E-state index contributed by atoms with van der Waals surface area (Å²) >= 11 is 0. The van der Waals surface area contributed by atoms with Crippen LogP contribution in [0.1, 0.15) is 16.2 Å². The number of ether oxygens (including phenoxy) is 3. The molecule has 1 aliphatic rings. The molecule has 1 N–H and O–H groups in total. The summed E-state index contributed by atoms with van der Waals surface area (Å²) in [6, 6.07) is 5.20. The molecule has 0 spiro atoms. The summed E-state index contributed by atoms with van der Waals surface area (Å²) in [6.07, 6.45) is 0. The van der Waals surface area contributed by atoms with E-state index >= 15 is 0 Å². The summed E-state index contributed by atoms with van der Waals surface area (Å²) in [5.41, 5.74) is 0.466. The van der Waals surface area contributed by atoms with Crippen LogP contribution in [0.2, 0.25) is 0 Å². The number of carbonyl (C=O) groups excluding carboxylic acids is 1. The molecule has 0 saturated heterocycles. The SMILES string of the molecule is COc1nc(CNC(=O)c2ccc3c(c2)OCO3)nc(N(C)C)n1. The van der Waals surface area contributed by atoms with Gasteiger partial charge in [-0.2, -0.15) is 15.0 Å².